The van der Waals surface area contributed by atoms with Crippen molar-refractivity contribution < 1.29 is 9.59 Å². The fourth-order valence-corrected chi connectivity index (χ4v) is 2.17. The normalized spacial score (nSPS) is 19.5. The summed E-state index contributed by atoms with van der Waals surface area (Å²) in [6.07, 6.45) is 0.256. The van der Waals surface area contributed by atoms with Crippen LogP contribution >= 0.6 is 11.6 Å². The number of halogens is 1. The first-order chi connectivity index (χ1) is 8.11. The van der Waals surface area contributed by atoms with Gasteiger partial charge in [-0.2, -0.15) is 0 Å². The number of carbonyl (C=O) groups is 2. The third-order valence-corrected chi connectivity index (χ3v) is 3.10. The summed E-state index contributed by atoms with van der Waals surface area (Å²) >= 11 is 5.88. The molecule has 1 aliphatic rings. The fourth-order valence-electron chi connectivity index (χ4n) is 1.98. The topological polar surface area (TPSA) is 49.4 Å². The molecule has 0 aromatic heterocycles. The molecule has 0 aliphatic carbocycles. The average Bonchev–Trinajstić information content (AvgIpc) is 2.70. The van der Waals surface area contributed by atoms with Gasteiger partial charge in [0.25, 0.3) is 0 Å². The van der Waals surface area contributed by atoms with Crippen molar-refractivity contribution in [2.45, 2.75) is 6.42 Å². The lowest BCUT2D eigenvalue weighted by molar-refractivity contribution is -0.125. The molecular weight excluding hydrogens is 240 g/mol. The van der Waals surface area contributed by atoms with Gasteiger partial charge >= 0.3 is 0 Å². The fraction of sp³-hybridized carbons (Fsp3) is 0.333. The molecule has 5 heteroatoms. The highest BCUT2D eigenvalue weighted by atomic mass is 35.5. The van der Waals surface area contributed by atoms with Gasteiger partial charge in [-0.05, 0) is 18.2 Å². The van der Waals surface area contributed by atoms with Gasteiger partial charge in [0, 0.05) is 30.7 Å². The molecule has 0 spiro atoms. The van der Waals surface area contributed by atoms with Gasteiger partial charge in [0.2, 0.25) is 11.8 Å². The van der Waals surface area contributed by atoms with Crippen LogP contribution in [-0.4, -0.2) is 25.4 Å². The molecule has 17 heavy (non-hydrogen) atoms. The van der Waals surface area contributed by atoms with Crippen molar-refractivity contribution in [2.24, 2.45) is 5.92 Å². The number of rotatable bonds is 2. The number of nitrogens with one attached hydrogen (secondary N) is 1. The van der Waals surface area contributed by atoms with E-state index in [0.29, 0.717) is 11.6 Å². The maximum Gasteiger partial charge on any atom is 0.227 e. The van der Waals surface area contributed by atoms with Crippen LogP contribution in [0, 0.1) is 5.92 Å². The van der Waals surface area contributed by atoms with Crippen molar-refractivity contribution in [3.8, 4) is 0 Å². The maximum absolute atomic E-state index is 11.8. The van der Waals surface area contributed by atoms with Crippen LogP contribution in [0.4, 0.5) is 5.69 Å². The van der Waals surface area contributed by atoms with E-state index < -0.39 is 0 Å². The number of hydrogen-bond donors (Lipinski definition) is 1. The number of hydrogen-bond acceptors (Lipinski definition) is 2. The van der Waals surface area contributed by atoms with Crippen LogP contribution in [0.1, 0.15) is 6.42 Å². The molecule has 1 aliphatic heterocycles. The molecule has 1 heterocycles. The Morgan fingerprint density at radius 2 is 2.29 bits per heavy atom. The minimum Gasteiger partial charge on any atom is -0.359 e. The molecular formula is C12H13ClN2O2. The molecule has 1 fully saturated rings. The van der Waals surface area contributed by atoms with Crippen LogP contribution in [0.5, 0.6) is 0 Å². The summed E-state index contributed by atoms with van der Waals surface area (Å²) in [5.41, 5.74) is 0.744. The highest BCUT2D eigenvalue weighted by Gasteiger charge is 2.34. The summed E-state index contributed by atoms with van der Waals surface area (Å²) < 4.78 is 0. The lowest BCUT2D eigenvalue weighted by Crippen LogP contribution is -2.30. The first-order valence-corrected chi connectivity index (χ1v) is 5.77. The highest BCUT2D eigenvalue weighted by Crippen LogP contribution is 2.26. The van der Waals surface area contributed by atoms with Crippen molar-refractivity contribution >= 4 is 29.1 Å². The quantitative estimate of drug-likeness (QED) is 0.866. The predicted molar refractivity (Wildman–Crippen MR) is 66.0 cm³/mol. The molecule has 1 saturated heterocycles. The number of anilines is 1. The van der Waals surface area contributed by atoms with E-state index in [4.69, 9.17) is 11.6 Å². The Bertz CT molecular complexity index is 462. The van der Waals surface area contributed by atoms with Gasteiger partial charge in [-0.3, -0.25) is 9.59 Å². The molecule has 1 N–H and O–H groups in total. The Hall–Kier alpha value is -1.55. The van der Waals surface area contributed by atoms with Crippen molar-refractivity contribution in [1.29, 1.82) is 0 Å². The van der Waals surface area contributed by atoms with Crippen molar-refractivity contribution in [3.63, 3.8) is 0 Å². The summed E-state index contributed by atoms with van der Waals surface area (Å²) in [6, 6.07) is 7.09. The van der Waals surface area contributed by atoms with Crippen LogP contribution < -0.4 is 10.2 Å². The largest absolute Gasteiger partial charge is 0.359 e. The van der Waals surface area contributed by atoms with E-state index in [1.807, 2.05) is 6.07 Å². The molecule has 0 bridgehead atoms. The monoisotopic (exact) mass is 252 g/mol. The Balaban J connectivity index is 2.18. The predicted octanol–water partition coefficient (Wildman–Crippen LogP) is 1.44. The van der Waals surface area contributed by atoms with Crippen LogP contribution in [-0.2, 0) is 9.59 Å². The second kappa shape index (κ2) is 4.75. The first kappa shape index (κ1) is 11.9. The van der Waals surface area contributed by atoms with E-state index in [0.717, 1.165) is 5.69 Å². The summed E-state index contributed by atoms with van der Waals surface area (Å²) in [7, 11) is 1.58. The minimum absolute atomic E-state index is 0.0409. The van der Waals surface area contributed by atoms with Gasteiger partial charge in [-0.15, -0.1) is 0 Å². The van der Waals surface area contributed by atoms with Crippen LogP contribution in [0.2, 0.25) is 5.02 Å². The Morgan fingerprint density at radius 3 is 2.94 bits per heavy atom. The summed E-state index contributed by atoms with van der Waals surface area (Å²) in [5.74, 6) is -0.407. The van der Waals surface area contributed by atoms with Gasteiger partial charge in [-0.25, -0.2) is 0 Å². The highest BCUT2D eigenvalue weighted by molar-refractivity contribution is 6.30. The summed E-state index contributed by atoms with van der Waals surface area (Å²) in [5, 5.41) is 3.15. The lowest BCUT2D eigenvalue weighted by atomic mass is 10.1. The number of amides is 2. The average molecular weight is 253 g/mol. The number of nitrogens with zero attached hydrogens (tertiary/aromatic N) is 1. The molecule has 2 rings (SSSR count). The van der Waals surface area contributed by atoms with E-state index in [1.54, 1.807) is 30.1 Å². The minimum atomic E-state index is -0.272. The molecule has 0 saturated carbocycles. The standard InChI is InChI=1S/C12H13ClN2O2/c1-14-12(17)8-5-11(16)15(7-8)10-4-2-3-9(13)6-10/h2-4,6,8H,5,7H2,1H3,(H,14,17). The summed E-state index contributed by atoms with van der Waals surface area (Å²) in [4.78, 5) is 24.9. The van der Waals surface area contributed by atoms with Gasteiger partial charge in [0.05, 0.1) is 5.92 Å². The number of carbonyl (C=O) groups excluding carboxylic acids is 2. The zero-order valence-corrected chi connectivity index (χ0v) is 10.2. The Kier molecular flexibility index (Phi) is 3.33. The first-order valence-electron chi connectivity index (χ1n) is 5.39. The molecule has 0 radical (unpaired) electrons. The zero-order valence-electron chi connectivity index (χ0n) is 9.44. The van der Waals surface area contributed by atoms with E-state index >= 15 is 0 Å². The molecule has 2 amide bonds. The van der Waals surface area contributed by atoms with Gasteiger partial charge in [0.15, 0.2) is 0 Å². The van der Waals surface area contributed by atoms with E-state index in [1.165, 1.54) is 0 Å². The van der Waals surface area contributed by atoms with E-state index in [9.17, 15) is 9.59 Å². The molecule has 1 atom stereocenters. The van der Waals surface area contributed by atoms with Gasteiger partial charge in [0.1, 0.15) is 0 Å². The molecule has 90 valence electrons. The Labute approximate surface area is 105 Å². The molecule has 1 unspecified atom stereocenters. The van der Waals surface area contributed by atoms with Gasteiger partial charge < -0.3 is 10.2 Å². The van der Waals surface area contributed by atoms with Crippen LogP contribution in [0.15, 0.2) is 24.3 Å². The molecule has 4 nitrogen and oxygen atoms in total. The second-order valence-electron chi connectivity index (χ2n) is 4.00. The van der Waals surface area contributed by atoms with Crippen LogP contribution in [0.3, 0.4) is 0 Å². The smallest absolute Gasteiger partial charge is 0.227 e. The lowest BCUT2D eigenvalue weighted by Gasteiger charge is -2.16. The molecule has 1 aromatic carbocycles. The molecule has 1 aromatic rings. The van der Waals surface area contributed by atoms with Crippen molar-refractivity contribution in [2.75, 3.05) is 18.5 Å². The maximum atomic E-state index is 11.8. The summed E-state index contributed by atoms with van der Waals surface area (Å²) in [6.45, 7) is 0.416. The third-order valence-electron chi connectivity index (χ3n) is 2.86. The SMILES string of the molecule is CNC(=O)C1CC(=O)N(c2cccc(Cl)c2)C1. The van der Waals surface area contributed by atoms with Crippen LogP contribution in [0.25, 0.3) is 0 Å². The Morgan fingerprint density at radius 1 is 1.53 bits per heavy atom. The van der Waals surface area contributed by atoms with E-state index in [-0.39, 0.29) is 24.2 Å². The number of benzene rings is 1. The van der Waals surface area contributed by atoms with Crippen molar-refractivity contribution in [3.05, 3.63) is 29.3 Å². The van der Waals surface area contributed by atoms with E-state index in [2.05, 4.69) is 5.32 Å². The second-order valence-corrected chi connectivity index (χ2v) is 4.44. The third kappa shape index (κ3) is 2.42. The van der Waals surface area contributed by atoms with Gasteiger partial charge in [-0.1, -0.05) is 17.7 Å². The van der Waals surface area contributed by atoms with Crippen molar-refractivity contribution in [1.82, 2.24) is 5.32 Å². The zero-order chi connectivity index (χ0) is 12.4.